The van der Waals surface area contributed by atoms with Gasteiger partial charge >= 0.3 is 6.09 Å². The Hall–Kier alpha value is -1.60. The lowest BCUT2D eigenvalue weighted by molar-refractivity contribution is 0.0246. The SMILES string of the molecule is CC(C)(C)OC(=O)N1CCC/C(=C\CCc2cc(F)ccc2S(=O)(=O)Cl)C1. The Balaban J connectivity index is 2.03. The zero-order valence-electron chi connectivity index (χ0n) is 15.8. The molecule has 1 aromatic rings. The first-order chi connectivity index (χ1) is 12.5. The van der Waals surface area contributed by atoms with Crippen LogP contribution in [0.2, 0.25) is 0 Å². The summed E-state index contributed by atoms with van der Waals surface area (Å²) in [4.78, 5) is 13.8. The van der Waals surface area contributed by atoms with Crippen molar-refractivity contribution in [1.29, 1.82) is 0 Å². The van der Waals surface area contributed by atoms with Crippen molar-refractivity contribution < 1.29 is 22.3 Å². The van der Waals surface area contributed by atoms with E-state index in [1.54, 1.807) is 4.90 Å². The van der Waals surface area contributed by atoms with Gasteiger partial charge in [-0.1, -0.05) is 11.6 Å². The maximum absolute atomic E-state index is 13.5. The van der Waals surface area contributed by atoms with Crippen molar-refractivity contribution >= 4 is 25.8 Å². The summed E-state index contributed by atoms with van der Waals surface area (Å²) in [6.07, 6.45) is 4.21. The van der Waals surface area contributed by atoms with Gasteiger partial charge in [-0.15, -0.1) is 0 Å². The van der Waals surface area contributed by atoms with Crippen LogP contribution in [0.15, 0.2) is 34.7 Å². The number of rotatable bonds is 4. The van der Waals surface area contributed by atoms with E-state index in [1.165, 1.54) is 12.1 Å². The van der Waals surface area contributed by atoms with Crippen LogP contribution >= 0.6 is 10.7 Å². The molecule has 0 aromatic heterocycles. The van der Waals surface area contributed by atoms with Gasteiger partial charge in [-0.05, 0) is 70.2 Å². The lowest BCUT2D eigenvalue weighted by Crippen LogP contribution is -2.40. The van der Waals surface area contributed by atoms with E-state index in [0.717, 1.165) is 24.5 Å². The van der Waals surface area contributed by atoms with Gasteiger partial charge in [0.2, 0.25) is 0 Å². The Bertz CT molecular complexity index is 831. The number of nitrogens with zero attached hydrogens (tertiary/aromatic N) is 1. The summed E-state index contributed by atoms with van der Waals surface area (Å²) in [5.41, 5.74) is 0.889. The molecule has 0 bridgehead atoms. The third kappa shape index (κ3) is 6.81. The lowest BCUT2D eigenvalue weighted by Gasteiger charge is -2.31. The van der Waals surface area contributed by atoms with E-state index in [1.807, 2.05) is 26.8 Å². The smallest absolute Gasteiger partial charge is 0.410 e. The number of hydrogen-bond donors (Lipinski definition) is 0. The molecule has 0 aliphatic carbocycles. The predicted molar refractivity (Wildman–Crippen MR) is 103 cm³/mol. The highest BCUT2D eigenvalue weighted by atomic mass is 35.7. The van der Waals surface area contributed by atoms with Gasteiger partial charge in [-0.25, -0.2) is 17.6 Å². The zero-order valence-corrected chi connectivity index (χ0v) is 17.4. The number of hydrogen-bond acceptors (Lipinski definition) is 4. The third-order valence-electron chi connectivity index (χ3n) is 4.10. The first-order valence-electron chi connectivity index (χ1n) is 8.84. The van der Waals surface area contributed by atoms with E-state index in [2.05, 4.69) is 0 Å². The highest BCUT2D eigenvalue weighted by Crippen LogP contribution is 2.24. The highest BCUT2D eigenvalue weighted by Gasteiger charge is 2.25. The first kappa shape index (κ1) is 21.7. The van der Waals surface area contributed by atoms with Crippen LogP contribution in [0.5, 0.6) is 0 Å². The molecule has 5 nitrogen and oxygen atoms in total. The number of likely N-dealkylation sites (tertiary alicyclic amines) is 1. The average Bonchev–Trinajstić information content (AvgIpc) is 2.52. The number of carbonyl (C=O) groups is 1. The molecule has 0 atom stereocenters. The van der Waals surface area contributed by atoms with E-state index in [4.69, 9.17) is 15.4 Å². The van der Waals surface area contributed by atoms with Crippen molar-refractivity contribution in [1.82, 2.24) is 4.90 Å². The predicted octanol–water partition coefficient (Wildman–Crippen LogP) is 4.64. The molecule has 1 aliphatic rings. The lowest BCUT2D eigenvalue weighted by atomic mass is 10.0. The Morgan fingerprint density at radius 2 is 2.07 bits per heavy atom. The van der Waals surface area contributed by atoms with Gasteiger partial charge in [-0.2, -0.15) is 0 Å². The van der Waals surface area contributed by atoms with Gasteiger partial charge in [0.1, 0.15) is 11.4 Å². The molecule has 1 heterocycles. The van der Waals surface area contributed by atoms with Gasteiger partial charge < -0.3 is 9.64 Å². The van der Waals surface area contributed by atoms with Crippen LogP contribution in [0.3, 0.4) is 0 Å². The fourth-order valence-corrected chi connectivity index (χ4v) is 4.12. The van der Waals surface area contributed by atoms with Crippen molar-refractivity contribution in [3.05, 3.63) is 41.2 Å². The van der Waals surface area contributed by atoms with Crippen LogP contribution in [0.4, 0.5) is 9.18 Å². The summed E-state index contributed by atoms with van der Waals surface area (Å²) in [7, 11) is 1.50. The molecule has 1 fully saturated rings. The summed E-state index contributed by atoms with van der Waals surface area (Å²) >= 11 is 0. The maximum Gasteiger partial charge on any atom is 0.410 e. The van der Waals surface area contributed by atoms with E-state index < -0.39 is 20.5 Å². The molecule has 1 aromatic carbocycles. The highest BCUT2D eigenvalue weighted by molar-refractivity contribution is 8.13. The Morgan fingerprint density at radius 3 is 2.70 bits per heavy atom. The fraction of sp³-hybridized carbons (Fsp3) is 0.526. The number of halogens is 2. The fourth-order valence-electron chi connectivity index (χ4n) is 2.96. The Labute approximate surface area is 164 Å². The molecule has 0 spiro atoms. The second-order valence-electron chi connectivity index (χ2n) is 7.60. The summed E-state index contributed by atoms with van der Waals surface area (Å²) in [5.74, 6) is -0.504. The first-order valence-corrected chi connectivity index (χ1v) is 11.2. The zero-order chi connectivity index (χ0) is 20.2. The van der Waals surface area contributed by atoms with Gasteiger partial charge in [0.05, 0.1) is 4.90 Å². The number of carbonyl (C=O) groups excluding carboxylic acids is 1. The van der Waals surface area contributed by atoms with Crippen LogP contribution in [-0.2, 0) is 20.2 Å². The summed E-state index contributed by atoms with van der Waals surface area (Å²) in [5, 5.41) is 0. The van der Waals surface area contributed by atoms with Crippen molar-refractivity contribution in [3.8, 4) is 0 Å². The quantitative estimate of drug-likeness (QED) is 0.528. The standard InChI is InChI=1S/C19H25ClFNO4S/c1-19(2,3)26-18(23)22-11-5-7-14(13-22)6-4-8-15-12-16(21)9-10-17(15)27(20,24)25/h6,9-10,12H,4-5,7-8,11,13H2,1-3H3/b14-6+. The molecule has 0 unspecified atom stereocenters. The van der Waals surface area contributed by atoms with Crippen LogP contribution < -0.4 is 0 Å². The number of aryl methyl sites for hydroxylation is 1. The van der Waals surface area contributed by atoms with Gasteiger partial charge in [-0.3, -0.25) is 0 Å². The van der Waals surface area contributed by atoms with E-state index in [0.29, 0.717) is 31.5 Å². The molecule has 2 rings (SSSR count). The normalized spacial score (nSPS) is 17.2. The topological polar surface area (TPSA) is 63.7 Å². The summed E-state index contributed by atoms with van der Waals surface area (Å²) in [6.45, 7) is 6.61. The number of benzene rings is 1. The molecule has 0 radical (unpaired) electrons. The van der Waals surface area contributed by atoms with Gasteiger partial charge in [0, 0.05) is 23.8 Å². The molecule has 1 amide bonds. The second kappa shape index (κ2) is 8.61. The van der Waals surface area contributed by atoms with E-state index in [9.17, 15) is 17.6 Å². The molecule has 1 saturated heterocycles. The molecular weight excluding hydrogens is 393 g/mol. The van der Waals surface area contributed by atoms with Crippen molar-refractivity contribution in [2.45, 2.75) is 57.0 Å². The van der Waals surface area contributed by atoms with Crippen LogP contribution in [0.1, 0.15) is 45.6 Å². The van der Waals surface area contributed by atoms with E-state index >= 15 is 0 Å². The minimum absolute atomic E-state index is 0.0667. The Kier molecular flexibility index (Phi) is 6.92. The van der Waals surface area contributed by atoms with Gasteiger partial charge in [0.25, 0.3) is 9.05 Å². The van der Waals surface area contributed by atoms with Gasteiger partial charge in [0.15, 0.2) is 0 Å². The third-order valence-corrected chi connectivity index (χ3v) is 5.53. The van der Waals surface area contributed by atoms with Crippen molar-refractivity contribution in [2.24, 2.45) is 0 Å². The van der Waals surface area contributed by atoms with E-state index in [-0.39, 0.29) is 11.0 Å². The largest absolute Gasteiger partial charge is 0.444 e. The Morgan fingerprint density at radius 1 is 1.37 bits per heavy atom. The minimum atomic E-state index is -3.93. The summed E-state index contributed by atoms with van der Waals surface area (Å²) in [6, 6.07) is 3.46. The second-order valence-corrected chi connectivity index (χ2v) is 10.1. The minimum Gasteiger partial charge on any atom is -0.444 e. The number of amides is 1. The maximum atomic E-state index is 13.5. The average molecular weight is 418 g/mol. The molecular formula is C19H25ClFNO4S. The molecule has 8 heteroatoms. The molecule has 27 heavy (non-hydrogen) atoms. The van der Waals surface area contributed by atoms with Crippen LogP contribution in [0.25, 0.3) is 0 Å². The van der Waals surface area contributed by atoms with Crippen molar-refractivity contribution in [3.63, 3.8) is 0 Å². The van der Waals surface area contributed by atoms with Crippen LogP contribution in [-0.4, -0.2) is 38.1 Å². The van der Waals surface area contributed by atoms with Crippen LogP contribution in [0, 0.1) is 5.82 Å². The molecule has 150 valence electrons. The number of piperidine rings is 1. The van der Waals surface area contributed by atoms with Crippen molar-refractivity contribution in [2.75, 3.05) is 13.1 Å². The summed E-state index contributed by atoms with van der Waals surface area (Å²) < 4.78 is 42.1. The molecule has 0 saturated carbocycles. The molecule has 1 aliphatic heterocycles. The molecule has 0 N–H and O–H groups in total. The number of allylic oxidation sites excluding steroid dienone is 1. The monoisotopic (exact) mass is 417 g/mol. The number of ether oxygens (including phenoxy) is 1.